The molecule has 0 saturated carbocycles. The molecule has 0 spiro atoms. The third-order valence-corrected chi connectivity index (χ3v) is 2.92. The van der Waals surface area contributed by atoms with E-state index in [4.69, 9.17) is 4.74 Å². The van der Waals surface area contributed by atoms with Crippen LogP contribution in [0, 0.1) is 6.92 Å². The number of aliphatic hydroxyl groups excluding tert-OH is 1. The zero-order chi connectivity index (χ0) is 13.1. The summed E-state index contributed by atoms with van der Waals surface area (Å²) in [6.45, 7) is 2.02. The molecular weight excluding hydrogens is 228 g/mol. The first kappa shape index (κ1) is 12.6. The smallest absolute Gasteiger partial charge is 0.122 e. The number of hydrogen-bond donors (Lipinski definition) is 1. The van der Waals surface area contributed by atoms with E-state index >= 15 is 0 Å². The van der Waals surface area contributed by atoms with Gasteiger partial charge in [-0.25, -0.2) is 0 Å². The molecule has 18 heavy (non-hydrogen) atoms. The zero-order valence-corrected chi connectivity index (χ0v) is 10.9. The Bertz CT molecular complexity index is 534. The second-order valence-electron chi connectivity index (χ2n) is 4.45. The van der Waals surface area contributed by atoms with Gasteiger partial charge >= 0.3 is 0 Å². The van der Waals surface area contributed by atoms with Crippen molar-refractivity contribution in [1.82, 2.24) is 9.78 Å². The van der Waals surface area contributed by atoms with Crippen molar-refractivity contribution in [2.24, 2.45) is 7.05 Å². The summed E-state index contributed by atoms with van der Waals surface area (Å²) in [5.74, 6) is 0.801. The van der Waals surface area contributed by atoms with Gasteiger partial charge in [-0.15, -0.1) is 0 Å². The number of aliphatic hydroxyl groups is 1. The highest BCUT2D eigenvalue weighted by molar-refractivity contribution is 5.37. The van der Waals surface area contributed by atoms with Crippen molar-refractivity contribution in [3.05, 3.63) is 47.3 Å². The average Bonchev–Trinajstić information content (AvgIpc) is 2.76. The fourth-order valence-corrected chi connectivity index (χ4v) is 1.99. The molecule has 1 atom stereocenters. The minimum Gasteiger partial charge on any atom is -0.496 e. The lowest BCUT2D eigenvalue weighted by molar-refractivity contribution is 0.171. The van der Waals surface area contributed by atoms with Gasteiger partial charge in [-0.3, -0.25) is 4.68 Å². The number of ether oxygens (including phenoxy) is 1. The molecule has 4 heteroatoms. The minimum absolute atomic E-state index is 0.502. The van der Waals surface area contributed by atoms with Crippen LogP contribution in [0.3, 0.4) is 0 Å². The zero-order valence-electron chi connectivity index (χ0n) is 10.9. The summed E-state index contributed by atoms with van der Waals surface area (Å²) >= 11 is 0. The van der Waals surface area contributed by atoms with Gasteiger partial charge in [-0.2, -0.15) is 5.10 Å². The third-order valence-electron chi connectivity index (χ3n) is 2.92. The van der Waals surface area contributed by atoms with Crippen LogP contribution in [0.4, 0.5) is 0 Å². The molecule has 1 aromatic heterocycles. The summed E-state index contributed by atoms with van der Waals surface area (Å²) in [7, 11) is 3.48. The molecule has 0 aliphatic carbocycles. The molecule has 0 amide bonds. The van der Waals surface area contributed by atoms with Gasteiger partial charge in [0.2, 0.25) is 0 Å². The molecule has 1 heterocycles. The molecule has 96 valence electrons. The Morgan fingerprint density at radius 2 is 2.17 bits per heavy atom. The van der Waals surface area contributed by atoms with E-state index < -0.39 is 6.10 Å². The van der Waals surface area contributed by atoms with Crippen LogP contribution in [0.2, 0.25) is 0 Å². The summed E-state index contributed by atoms with van der Waals surface area (Å²) in [6, 6.07) is 7.78. The summed E-state index contributed by atoms with van der Waals surface area (Å²) < 4.78 is 6.99. The van der Waals surface area contributed by atoms with Gasteiger partial charge in [0, 0.05) is 19.7 Å². The summed E-state index contributed by atoms with van der Waals surface area (Å²) in [5, 5.41) is 14.4. The Balaban J connectivity index is 2.20. The largest absolute Gasteiger partial charge is 0.496 e. The Labute approximate surface area is 107 Å². The van der Waals surface area contributed by atoms with Crippen LogP contribution in [0.5, 0.6) is 5.75 Å². The monoisotopic (exact) mass is 246 g/mol. The molecular formula is C14H18N2O2. The topological polar surface area (TPSA) is 47.3 Å². The van der Waals surface area contributed by atoms with Crippen LogP contribution in [-0.4, -0.2) is 22.0 Å². The predicted octanol–water partition coefficient (Wildman–Crippen LogP) is 2.01. The van der Waals surface area contributed by atoms with Crippen molar-refractivity contribution in [3.8, 4) is 5.75 Å². The van der Waals surface area contributed by atoms with Crippen LogP contribution in [0.25, 0.3) is 0 Å². The summed E-state index contributed by atoms with van der Waals surface area (Å²) in [4.78, 5) is 0. The molecule has 1 aromatic carbocycles. The highest BCUT2D eigenvalue weighted by atomic mass is 16.5. The van der Waals surface area contributed by atoms with Crippen molar-refractivity contribution >= 4 is 0 Å². The lowest BCUT2D eigenvalue weighted by atomic mass is 10.0. The maximum Gasteiger partial charge on any atom is 0.122 e. The van der Waals surface area contributed by atoms with Crippen LogP contribution in [0.15, 0.2) is 30.5 Å². The first-order valence-corrected chi connectivity index (χ1v) is 5.91. The van der Waals surface area contributed by atoms with E-state index in [1.807, 2.05) is 44.4 Å². The molecule has 1 unspecified atom stereocenters. The van der Waals surface area contributed by atoms with Crippen LogP contribution >= 0.6 is 0 Å². The van der Waals surface area contributed by atoms with Crippen molar-refractivity contribution in [2.45, 2.75) is 19.4 Å². The number of hydrogen-bond acceptors (Lipinski definition) is 3. The van der Waals surface area contributed by atoms with Gasteiger partial charge in [-0.05, 0) is 24.6 Å². The van der Waals surface area contributed by atoms with Crippen molar-refractivity contribution in [1.29, 1.82) is 0 Å². The number of benzene rings is 1. The fourth-order valence-electron chi connectivity index (χ4n) is 1.99. The van der Waals surface area contributed by atoms with E-state index in [-0.39, 0.29) is 0 Å². The number of aromatic nitrogens is 2. The molecule has 0 bridgehead atoms. The first-order chi connectivity index (χ1) is 8.60. The van der Waals surface area contributed by atoms with E-state index in [2.05, 4.69) is 5.10 Å². The maximum absolute atomic E-state index is 10.2. The molecule has 0 aliphatic heterocycles. The van der Waals surface area contributed by atoms with Crippen molar-refractivity contribution < 1.29 is 9.84 Å². The van der Waals surface area contributed by atoms with E-state index in [1.165, 1.54) is 0 Å². The molecule has 2 aromatic rings. The summed E-state index contributed by atoms with van der Waals surface area (Å²) in [6.07, 6.45) is 1.72. The van der Waals surface area contributed by atoms with E-state index in [0.29, 0.717) is 12.1 Å². The molecule has 0 radical (unpaired) electrons. The van der Waals surface area contributed by atoms with Crippen LogP contribution < -0.4 is 4.74 Å². The second kappa shape index (κ2) is 5.23. The lowest BCUT2D eigenvalue weighted by Gasteiger charge is -2.12. The Kier molecular flexibility index (Phi) is 3.67. The van der Waals surface area contributed by atoms with Gasteiger partial charge in [0.15, 0.2) is 0 Å². The highest BCUT2D eigenvalue weighted by Crippen LogP contribution is 2.25. The van der Waals surface area contributed by atoms with Crippen molar-refractivity contribution in [3.63, 3.8) is 0 Å². The molecule has 1 N–H and O–H groups in total. The van der Waals surface area contributed by atoms with E-state index in [1.54, 1.807) is 11.8 Å². The second-order valence-corrected chi connectivity index (χ2v) is 4.45. The lowest BCUT2D eigenvalue weighted by Crippen LogP contribution is -2.05. The van der Waals surface area contributed by atoms with Gasteiger partial charge < -0.3 is 9.84 Å². The number of rotatable bonds is 4. The highest BCUT2D eigenvalue weighted by Gasteiger charge is 2.14. The molecule has 0 saturated heterocycles. The molecule has 0 aliphatic rings. The van der Waals surface area contributed by atoms with E-state index in [0.717, 1.165) is 16.9 Å². The predicted molar refractivity (Wildman–Crippen MR) is 69.6 cm³/mol. The minimum atomic E-state index is -0.609. The molecule has 0 fully saturated rings. The normalized spacial score (nSPS) is 12.4. The van der Waals surface area contributed by atoms with Crippen LogP contribution in [-0.2, 0) is 13.5 Å². The quantitative estimate of drug-likeness (QED) is 0.897. The number of aryl methyl sites for hydroxylation is 2. The summed E-state index contributed by atoms with van der Waals surface area (Å²) in [5.41, 5.74) is 2.83. The van der Waals surface area contributed by atoms with E-state index in [9.17, 15) is 5.11 Å². The SMILES string of the molecule is COc1ccc(C)cc1CC(O)c1ccn(C)n1. The Morgan fingerprint density at radius 3 is 2.78 bits per heavy atom. The first-order valence-electron chi connectivity index (χ1n) is 5.91. The third kappa shape index (κ3) is 2.71. The maximum atomic E-state index is 10.2. The van der Waals surface area contributed by atoms with Crippen LogP contribution in [0.1, 0.15) is 22.9 Å². The Morgan fingerprint density at radius 1 is 1.39 bits per heavy atom. The van der Waals surface area contributed by atoms with Gasteiger partial charge in [0.25, 0.3) is 0 Å². The fraction of sp³-hybridized carbons (Fsp3) is 0.357. The number of nitrogens with zero attached hydrogens (tertiary/aromatic N) is 2. The van der Waals surface area contributed by atoms with Gasteiger partial charge in [0.1, 0.15) is 11.9 Å². The Hall–Kier alpha value is -1.81. The standard InChI is InChI=1S/C14H18N2O2/c1-10-4-5-14(18-3)11(8-10)9-13(17)12-6-7-16(2)15-12/h4-8,13,17H,9H2,1-3H3. The van der Waals surface area contributed by atoms with Crippen molar-refractivity contribution in [2.75, 3.05) is 7.11 Å². The van der Waals surface area contributed by atoms with Gasteiger partial charge in [0.05, 0.1) is 12.8 Å². The number of methoxy groups -OCH3 is 1. The van der Waals surface area contributed by atoms with Gasteiger partial charge in [-0.1, -0.05) is 17.7 Å². The average molecular weight is 246 g/mol. The molecule has 4 nitrogen and oxygen atoms in total. The molecule has 2 rings (SSSR count).